The van der Waals surface area contributed by atoms with Crippen molar-refractivity contribution in [2.24, 2.45) is 5.92 Å². The minimum atomic E-state index is -0.931. The standard InChI is InChI=1S/C27H33FN6O/c1-2-30-9-11-31(12-10-30)22-5-3-20(4-6-22)21-17-26-25(7-8-29-34(26)19-21)32-13-15-33(16-14-32)27(35)23-18-24(23)28/h3-8,17,19,23-24H,2,9-16,18H2,1H3/t23-,24+/m0/s1. The fourth-order valence-electron chi connectivity index (χ4n) is 5.43. The Balaban J connectivity index is 1.16. The maximum Gasteiger partial charge on any atom is 0.228 e. The van der Waals surface area contributed by atoms with Crippen molar-refractivity contribution in [3.63, 3.8) is 0 Å². The van der Waals surface area contributed by atoms with Crippen molar-refractivity contribution in [1.29, 1.82) is 0 Å². The van der Waals surface area contributed by atoms with E-state index in [0.717, 1.165) is 62.6 Å². The van der Waals surface area contributed by atoms with Gasteiger partial charge in [-0.25, -0.2) is 8.91 Å². The number of hydrogen-bond donors (Lipinski definition) is 0. The molecule has 184 valence electrons. The molecule has 2 atom stereocenters. The van der Waals surface area contributed by atoms with E-state index in [2.05, 4.69) is 63.3 Å². The first-order valence-corrected chi connectivity index (χ1v) is 12.8. The Morgan fingerprint density at radius 1 is 0.943 bits per heavy atom. The molecule has 3 aromatic rings. The first kappa shape index (κ1) is 22.3. The molecule has 6 rings (SSSR count). The SMILES string of the molecule is CCN1CCN(c2ccc(-c3cc4c(N5CCN(C(=O)[C@H]6C[C@H]6F)CC5)ccnn4c3)cc2)CC1. The van der Waals surface area contributed by atoms with E-state index >= 15 is 0 Å². The number of alkyl halides is 1. The molecule has 0 unspecified atom stereocenters. The molecule has 1 aliphatic carbocycles. The lowest BCUT2D eigenvalue weighted by atomic mass is 10.1. The Hall–Kier alpha value is -3.13. The molecule has 35 heavy (non-hydrogen) atoms. The van der Waals surface area contributed by atoms with Crippen LogP contribution in [0.1, 0.15) is 13.3 Å². The number of halogens is 1. The molecule has 0 radical (unpaired) electrons. The Bertz CT molecular complexity index is 1190. The second-order valence-electron chi connectivity index (χ2n) is 9.91. The van der Waals surface area contributed by atoms with Gasteiger partial charge in [0.05, 0.1) is 17.1 Å². The lowest BCUT2D eigenvalue weighted by molar-refractivity contribution is -0.133. The number of nitrogens with zero attached hydrogens (tertiary/aromatic N) is 6. The summed E-state index contributed by atoms with van der Waals surface area (Å²) < 4.78 is 15.3. The molecule has 0 bridgehead atoms. The van der Waals surface area contributed by atoms with E-state index in [9.17, 15) is 9.18 Å². The van der Waals surface area contributed by atoms with Gasteiger partial charge in [-0.05, 0) is 42.8 Å². The largest absolute Gasteiger partial charge is 0.369 e. The maximum atomic E-state index is 13.3. The minimum Gasteiger partial charge on any atom is -0.369 e. The van der Waals surface area contributed by atoms with Crippen molar-refractivity contribution in [1.82, 2.24) is 19.4 Å². The Kier molecular flexibility index (Phi) is 5.84. The van der Waals surface area contributed by atoms with E-state index in [0.29, 0.717) is 19.5 Å². The second-order valence-corrected chi connectivity index (χ2v) is 9.91. The normalized spacial score (nSPS) is 23.2. The van der Waals surface area contributed by atoms with Crippen molar-refractivity contribution in [3.05, 3.63) is 48.8 Å². The summed E-state index contributed by atoms with van der Waals surface area (Å²) in [6.07, 6.45) is 3.38. The van der Waals surface area contributed by atoms with E-state index in [1.807, 2.05) is 21.7 Å². The van der Waals surface area contributed by atoms with Gasteiger partial charge < -0.3 is 19.6 Å². The van der Waals surface area contributed by atoms with Crippen LogP contribution in [0.25, 0.3) is 16.6 Å². The number of aromatic nitrogens is 2. The number of fused-ring (bicyclic) bond motifs is 1. The van der Waals surface area contributed by atoms with Gasteiger partial charge >= 0.3 is 0 Å². The van der Waals surface area contributed by atoms with E-state index in [1.165, 1.54) is 11.3 Å². The van der Waals surface area contributed by atoms with Gasteiger partial charge in [0.1, 0.15) is 6.17 Å². The molecule has 1 amide bonds. The Morgan fingerprint density at radius 2 is 1.63 bits per heavy atom. The maximum absolute atomic E-state index is 13.3. The number of piperazine rings is 2. The monoisotopic (exact) mass is 476 g/mol. The van der Waals surface area contributed by atoms with Crippen LogP contribution in [-0.2, 0) is 4.79 Å². The van der Waals surface area contributed by atoms with Gasteiger partial charge in [0, 0.05) is 76.0 Å². The van der Waals surface area contributed by atoms with Crippen LogP contribution in [0.2, 0.25) is 0 Å². The fourth-order valence-corrected chi connectivity index (χ4v) is 5.43. The average molecular weight is 477 g/mol. The molecule has 4 heterocycles. The number of benzene rings is 1. The van der Waals surface area contributed by atoms with Crippen molar-refractivity contribution < 1.29 is 9.18 Å². The summed E-state index contributed by atoms with van der Waals surface area (Å²) in [6.45, 7) is 10.5. The Morgan fingerprint density at radius 3 is 2.29 bits per heavy atom. The van der Waals surface area contributed by atoms with Crippen molar-refractivity contribution in [2.45, 2.75) is 19.5 Å². The molecule has 2 aliphatic heterocycles. The van der Waals surface area contributed by atoms with Gasteiger partial charge in [-0.3, -0.25) is 4.79 Å². The summed E-state index contributed by atoms with van der Waals surface area (Å²) in [7, 11) is 0. The summed E-state index contributed by atoms with van der Waals surface area (Å²) in [5.41, 5.74) is 5.79. The fraction of sp³-hybridized carbons (Fsp3) is 0.481. The van der Waals surface area contributed by atoms with Gasteiger partial charge in [-0.15, -0.1) is 0 Å². The molecule has 8 heteroatoms. The summed E-state index contributed by atoms with van der Waals surface area (Å²) in [6, 6.07) is 13.1. The van der Waals surface area contributed by atoms with Gasteiger partial charge in [-0.1, -0.05) is 19.1 Å². The topological polar surface area (TPSA) is 47.3 Å². The van der Waals surface area contributed by atoms with Gasteiger partial charge in [0.15, 0.2) is 0 Å². The molecule has 3 fully saturated rings. The average Bonchev–Trinajstić information content (AvgIpc) is 3.48. The van der Waals surface area contributed by atoms with Gasteiger partial charge in [0.25, 0.3) is 0 Å². The summed E-state index contributed by atoms with van der Waals surface area (Å²) in [4.78, 5) is 21.5. The van der Waals surface area contributed by atoms with Crippen LogP contribution < -0.4 is 9.80 Å². The molecule has 0 N–H and O–H groups in total. The summed E-state index contributed by atoms with van der Waals surface area (Å²) >= 11 is 0. The molecule has 2 aromatic heterocycles. The third-order valence-corrected chi connectivity index (χ3v) is 7.83. The predicted molar refractivity (Wildman–Crippen MR) is 137 cm³/mol. The number of amides is 1. The molecule has 7 nitrogen and oxygen atoms in total. The predicted octanol–water partition coefficient (Wildman–Crippen LogP) is 3.15. The van der Waals surface area contributed by atoms with Crippen LogP contribution in [0, 0.1) is 5.92 Å². The quantitative estimate of drug-likeness (QED) is 0.566. The molecule has 3 aliphatic rings. The van der Waals surface area contributed by atoms with Crippen LogP contribution in [0.3, 0.4) is 0 Å². The number of anilines is 2. The summed E-state index contributed by atoms with van der Waals surface area (Å²) in [5, 5.41) is 4.54. The number of hydrogen-bond acceptors (Lipinski definition) is 5. The first-order valence-electron chi connectivity index (χ1n) is 12.8. The highest BCUT2D eigenvalue weighted by Crippen LogP contribution is 2.36. The lowest BCUT2D eigenvalue weighted by Gasteiger charge is -2.36. The van der Waals surface area contributed by atoms with Gasteiger partial charge in [-0.2, -0.15) is 5.10 Å². The van der Waals surface area contributed by atoms with Crippen molar-refractivity contribution in [3.8, 4) is 11.1 Å². The van der Waals surface area contributed by atoms with E-state index in [-0.39, 0.29) is 5.91 Å². The number of rotatable bonds is 5. The van der Waals surface area contributed by atoms with Crippen LogP contribution in [-0.4, -0.2) is 90.4 Å². The highest BCUT2D eigenvalue weighted by atomic mass is 19.1. The molecule has 2 saturated heterocycles. The molecule has 1 saturated carbocycles. The van der Waals surface area contributed by atoms with Crippen LogP contribution in [0.15, 0.2) is 48.8 Å². The van der Waals surface area contributed by atoms with E-state index < -0.39 is 12.1 Å². The zero-order chi connectivity index (χ0) is 23.9. The lowest BCUT2D eigenvalue weighted by Crippen LogP contribution is -2.49. The smallest absolute Gasteiger partial charge is 0.228 e. The van der Waals surface area contributed by atoms with Gasteiger partial charge in [0.2, 0.25) is 5.91 Å². The minimum absolute atomic E-state index is 0.0160. The van der Waals surface area contributed by atoms with Crippen molar-refractivity contribution >= 4 is 22.8 Å². The second kappa shape index (κ2) is 9.15. The highest BCUT2D eigenvalue weighted by molar-refractivity contribution is 5.83. The molecular formula is C27H33FN6O. The van der Waals surface area contributed by atoms with Crippen LogP contribution in [0.4, 0.5) is 15.8 Å². The molecular weight excluding hydrogens is 443 g/mol. The van der Waals surface area contributed by atoms with Crippen LogP contribution in [0.5, 0.6) is 0 Å². The third-order valence-electron chi connectivity index (χ3n) is 7.83. The number of carbonyl (C=O) groups is 1. The zero-order valence-electron chi connectivity index (χ0n) is 20.3. The van der Waals surface area contributed by atoms with Crippen molar-refractivity contribution in [2.75, 3.05) is 68.7 Å². The first-order chi connectivity index (χ1) is 17.1. The third kappa shape index (κ3) is 4.35. The molecule has 1 aromatic carbocycles. The summed E-state index contributed by atoms with van der Waals surface area (Å²) in [5.74, 6) is -0.410. The van der Waals surface area contributed by atoms with Crippen LogP contribution >= 0.6 is 0 Å². The molecule has 0 spiro atoms. The zero-order valence-corrected chi connectivity index (χ0v) is 20.3. The number of carbonyl (C=O) groups excluding carboxylic acids is 1. The highest BCUT2D eigenvalue weighted by Gasteiger charge is 2.46. The Labute approximate surface area is 205 Å². The van der Waals surface area contributed by atoms with E-state index in [1.54, 1.807) is 0 Å². The number of likely N-dealkylation sites (N-methyl/N-ethyl adjacent to an activating group) is 1. The van der Waals surface area contributed by atoms with E-state index in [4.69, 9.17) is 0 Å².